The van der Waals surface area contributed by atoms with Crippen LogP contribution in [0.2, 0.25) is 0 Å². The van der Waals surface area contributed by atoms with Gasteiger partial charge >= 0.3 is 0 Å². The molecule has 2 rings (SSSR count). The highest BCUT2D eigenvalue weighted by Gasteiger charge is 2.32. The number of nitrogens with two attached hydrogens (primary N) is 1. The van der Waals surface area contributed by atoms with Crippen molar-refractivity contribution in [3.8, 4) is 0 Å². The molecule has 3 N–H and O–H groups in total. The third kappa shape index (κ3) is 3.36. The van der Waals surface area contributed by atoms with Gasteiger partial charge in [-0.2, -0.15) is 0 Å². The van der Waals surface area contributed by atoms with Crippen LogP contribution in [0.5, 0.6) is 0 Å². The standard InChI is InChI=1S/C13H20N4O3/c1-8-6-11(16-20-8)15-12(18)7-17(2)13(19)9-4-3-5-10(9)14/h6,9-10H,3-5,7,14H2,1-2H3,(H,15,16,18). The van der Waals surface area contributed by atoms with E-state index in [1.807, 2.05) is 0 Å². The molecule has 1 saturated carbocycles. The number of aryl methyl sites for hydroxylation is 1. The molecule has 1 aliphatic carbocycles. The molecule has 0 aliphatic heterocycles. The molecule has 1 aromatic rings. The van der Waals surface area contributed by atoms with E-state index in [2.05, 4.69) is 10.5 Å². The Balaban J connectivity index is 1.85. The largest absolute Gasteiger partial charge is 0.360 e. The molecule has 0 saturated heterocycles. The molecule has 2 atom stereocenters. The maximum atomic E-state index is 12.2. The first-order valence-corrected chi connectivity index (χ1v) is 6.71. The summed E-state index contributed by atoms with van der Waals surface area (Å²) in [5, 5.41) is 6.25. The number of carbonyl (C=O) groups is 2. The van der Waals surface area contributed by atoms with Crippen LogP contribution in [0.3, 0.4) is 0 Å². The van der Waals surface area contributed by atoms with Crippen molar-refractivity contribution in [1.82, 2.24) is 10.1 Å². The number of aromatic nitrogens is 1. The monoisotopic (exact) mass is 280 g/mol. The molecule has 1 aliphatic rings. The van der Waals surface area contributed by atoms with Gasteiger partial charge in [-0.05, 0) is 19.8 Å². The van der Waals surface area contributed by atoms with Crippen molar-refractivity contribution in [3.63, 3.8) is 0 Å². The van der Waals surface area contributed by atoms with Crippen molar-refractivity contribution in [3.05, 3.63) is 11.8 Å². The van der Waals surface area contributed by atoms with Crippen LogP contribution in [0, 0.1) is 12.8 Å². The summed E-state index contributed by atoms with van der Waals surface area (Å²) in [5.74, 6) is 0.428. The molecular weight excluding hydrogens is 260 g/mol. The van der Waals surface area contributed by atoms with Gasteiger partial charge in [-0.1, -0.05) is 11.6 Å². The molecule has 7 heteroatoms. The number of amides is 2. The van der Waals surface area contributed by atoms with Gasteiger partial charge < -0.3 is 20.5 Å². The topological polar surface area (TPSA) is 101 Å². The second kappa shape index (κ2) is 6.04. The van der Waals surface area contributed by atoms with Gasteiger partial charge in [0.15, 0.2) is 5.82 Å². The Labute approximate surface area is 117 Å². The first-order valence-electron chi connectivity index (χ1n) is 6.71. The van der Waals surface area contributed by atoms with Crippen LogP contribution in [0.15, 0.2) is 10.6 Å². The van der Waals surface area contributed by atoms with Crippen molar-refractivity contribution in [2.24, 2.45) is 11.7 Å². The second-order valence-electron chi connectivity index (χ2n) is 5.27. The van der Waals surface area contributed by atoms with E-state index < -0.39 is 0 Å². The highest BCUT2D eigenvalue weighted by molar-refractivity contribution is 5.94. The van der Waals surface area contributed by atoms with E-state index in [1.54, 1.807) is 20.0 Å². The van der Waals surface area contributed by atoms with Crippen LogP contribution in [0.4, 0.5) is 5.82 Å². The molecule has 20 heavy (non-hydrogen) atoms. The summed E-state index contributed by atoms with van der Waals surface area (Å²) in [6.45, 7) is 1.72. The molecule has 0 spiro atoms. The highest BCUT2D eigenvalue weighted by Crippen LogP contribution is 2.25. The minimum atomic E-state index is -0.305. The van der Waals surface area contributed by atoms with Crippen molar-refractivity contribution in [2.45, 2.75) is 32.2 Å². The summed E-state index contributed by atoms with van der Waals surface area (Å²) in [7, 11) is 1.61. The average molecular weight is 280 g/mol. The number of anilines is 1. The fourth-order valence-corrected chi connectivity index (χ4v) is 2.48. The van der Waals surface area contributed by atoms with E-state index in [0.717, 1.165) is 19.3 Å². The maximum Gasteiger partial charge on any atom is 0.245 e. The van der Waals surface area contributed by atoms with Crippen LogP contribution in [-0.2, 0) is 9.59 Å². The molecule has 1 heterocycles. The number of likely N-dealkylation sites (N-methyl/N-ethyl adjacent to an activating group) is 1. The number of carbonyl (C=O) groups excluding carboxylic acids is 2. The normalized spacial score (nSPS) is 21.8. The number of nitrogens with zero attached hydrogens (tertiary/aromatic N) is 2. The lowest BCUT2D eigenvalue weighted by molar-refractivity contribution is -0.137. The zero-order chi connectivity index (χ0) is 14.7. The summed E-state index contributed by atoms with van der Waals surface area (Å²) in [5.41, 5.74) is 5.90. The van der Waals surface area contributed by atoms with E-state index in [4.69, 9.17) is 10.3 Å². The Morgan fingerprint density at radius 3 is 2.85 bits per heavy atom. The van der Waals surface area contributed by atoms with Gasteiger partial charge in [0, 0.05) is 19.2 Å². The molecule has 1 aromatic heterocycles. The van der Waals surface area contributed by atoms with Crippen molar-refractivity contribution in [1.29, 1.82) is 0 Å². The SMILES string of the molecule is Cc1cc(NC(=O)CN(C)C(=O)C2CCCC2N)no1. The Morgan fingerprint density at radius 2 is 2.30 bits per heavy atom. The van der Waals surface area contributed by atoms with Crippen LogP contribution < -0.4 is 11.1 Å². The van der Waals surface area contributed by atoms with E-state index >= 15 is 0 Å². The number of hydrogen-bond donors (Lipinski definition) is 2. The molecule has 1 fully saturated rings. The lowest BCUT2D eigenvalue weighted by Gasteiger charge is -2.22. The van der Waals surface area contributed by atoms with Crippen molar-refractivity contribution >= 4 is 17.6 Å². The Hall–Kier alpha value is -1.89. The first-order chi connectivity index (χ1) is 9.47. The van der Waals surface area contributed by atoms with Gasteiger partial charge in [-0.25, -0.2) is 0 Å². The Morgan fingerprint density at radius 1 is 1.55 bits per heavy atom. The van der Waals surface area contributed by atoms with E-state index in [1.165, 1.54) is 4.90 Å². The van der Waals surface area contributed by atoms with E-state index in [0.29, 0.717) is 11.6 Å². The maximum absolute atomic E-state index is 12.2. The summed E-state index contributed by atoms with van der Waals surface area (Å²) < 4.78 is 4.85. The average Bonchev–Trinajstić information content (AvgIpc) is 2.97. The van der Waals surface area contributed by atoms with Crippen LogP contribution >= 0.6 is 0 Å². The van der Waals surface area contributed by atoms with E-state index in [9.17, 15) is 9.59 Å². The van der Waals surface area contributed by atoms with Gasteiger partial charge in [0.1, 0.15) is 5.76 Å². The summed E-state index contributed by atoms with van der Waals surface area (Å²) in [4.78, 5) is 25.4. The van der Waals surface area contributed by atoms with Gasteiger partial charge in [0.2, 0.25) is 11.8 Å². The van der Waals surface area contributed by atoms with Gasteiger partial charge in [0.25, 0.3) is 0 Å². The lowest BCUT2D eigenvalue weighted by Crippen LogP contribution is -2.42. The van der Waals surface area contributed by atoms with Crippen LogP contribution in [-0.4, -0.2) is 41.5 Å². The summed E-state index contributed by atoms with van der Waals surface area (Å²) in [6, 6.07) is 1.53. The third-order valence-corrected chi connectivity index (χ3v) is 3.54. The van der Waals surface area contributed by atoms with Crippen molar-refractivity contribution < 1.29 is 14.1 Å². The zero-order valence-electron chi connectivity index (χ0n) is 11.8. The highest BCUT2D eigenvalue weighted by atomic mass is 16.5. The molecule has 0 radical (unpaired) electrons. The number of nitrogens with one attached hydrogen (secondary N) is 1. The molecule has 2 unspecified atom stereocenters. The summed E-state index contributed by atoms with van der Waals surface area (Å²) >= 11 is 0. The van der Waals surface area contributed by atoms with Crippen LogP contribution in [0.25, 0.3) is 0 Å². The Bertz CT molecular complexity index is 500. The van der Waals surface area contributed by atoms with Crippen molar-refractivity contribution in [2.75, 3.05) is 18.9 Å². The minimum Gasteiger partial charge on any atom is -0.360 e. The molecule has 0 bridgehead atoms. The quantitative estimate of drug-likeness (QED) is 0.836. The summed E-state index contributed by atoms with van der Waals surface area (Å²) in [6.07, 6.45) is 2.64. The smallest absolute Gasteiger partial charge is 0.245 e. The fraction of sp³-hybridized carbons (Fsp3) is 0.615. The molecular formula is C13H20N4O3. The third-order valence-electron chi connectivity index (χ3n) is 3.54. The zero-order valence-corrected chi connectivity index (χ0v) is 11.8. The molecule has 110 valence electrons. The lowest BCUT2D eigenvalue weighted by atomic mass is 10.0. The van der Waals surface area contributed by atoms with Gasteiger partial charge in [0.05, 0.1) is 12.5 Å². The minimum absolute atomic E-state index is 0.0199. The first kappa shape index (κ1) is 14.5. The fourth-order valence-electron chi connectivity index (χ4n) is 2.48. The van der Waals surface area contributed by atoms with Crippen LogP contribution in [0.1, 0.15) is 25.0 Å². The molecule has 7 nitrogen and oxygen atoms in total. The predicted molar refractivity (Wildman–Crippen MR) is 72.8 cm³/mol. The molecule has 2 amide bonds. The van der Waals surface area contributed by atoms with E-state index in [-0.39, 0.29) is 30.3 Å². The van der Waals surface area contributed by atoms with Gasteiger partial charge in [-0.3, -0.25) is 9.59 Å². The number of hydrogen-bond acceptors (Lipinski definition) is 5. The van der Waals surface area contributed by atoms with Gasteiger partial charge in [-0.15, -0.1) is 0 Å². The second-order valence-corrected chi connectivity index (χ2v) is 5.27. The predicted octanol–water partition coefficient (Wildman–Crippen LogP) is 0.507. The number of rotatable bonds is 4. The Kier molecular flexibility index (Phi) is 4.39. The molecule has 0 aromatic carbocycles.